The maximum absolute atomic E-state index is 11.6. The summed E-state index contributed by atoms with van der Waals surface area (Å²) >= 11 is 0. The van der Waals surface area contributed by atoms with Crippen LogP contribution in [0.15, 0.2) is 0 Å². The normalized spacial score (nSPS) is 11.1. The molecule has 180 valence electrons. The van der Waals surface area contributed by atoms with Crippen molar-refractivity contribution >= 4 is 5.97 Å². The van der Waals surface area contributed by atoms with Gasteiger partial charge in [-0.3, -0.25) is 4.79 Å². The third-order valence-corrected chi connectivity index (χ3v) is 5.07. The third-order valence-electron chi connectivity index (χ3n) is 5.07. The molecule has 0 rings (SSSR count). The fourth-order valence-corrected chi connectivity index (χ4v) is 3.16. The largest absolute Gasteiger partial charge is 0.466 e. The molecule has 0 aromatic heterocycles. The Kier molecular flexibility index (Phi) is 25.8. The summed E-state index contributed by atoms with van der Waals surface area (Å²) in [5, 5.41) is 0. The molecule has 0 atom stereocenters. The number of carbonyl (C=O) groups is 1. The second kappa shape index (κ2) is 26.4. The molecular formula is C25H50O5. The lowest BCUT2D eigenvalue weighted by molar-refractivity contribution is -0.144. The van der Waals surface area contributed by atoms with E-state index in [9.17, 15) is 4.79 Å². The van der Waals surface area contributed by atoms with Crippen LogP contribution >= 0.6 is 0 Å². The third kappa shape index (κ3) is 25.4. The molecule has 0 heterocycles. The van der Waals surface area contributed by atoms with Crippen molar-refractivity contribution in [1.82, 2.24) is 0 Å². The minimum absolute atomic E-state index is 0.112. The highest BCUT2D eigenvalue weighted by molar-refractivity contribution is 5.69. The predicted molar refractivity (Wildman–Crippen MR) is 124 cm³/mol. The molecule has 5 heteroatoms. The van der Waals surface area contributed by atoms with Crippen LogP contribution in [0.2, 0.25) is 0 Å². The summed E-state index contributed by atoms with van der Waals surface area (Å²) in [6.45, 7) is 8.82. The molecule has 0 aliphatic carbocycles. The molecule has 0 bridgehead atoms. The number of esters is 1. The van der Waals surface area contributed by atoms with Crippen LogP contribution < -0.4 is 0 Å². The SMILES string of the molecule is CCCCCCCCCCOCCOCCOCCCC(=O)OCCCCCCC. The Morgan fingerprint density at radius 3 is 1.40 bits per heavy atom. The van der Waals surface area contributed by atoms with Crippen molar-refractivity contribution in [3.05, 3.63) is 0 Å². The highest BCUT2D eigenvalue weighted by Gasteiger charge is 2.02. The van der Waals surface area contributed by atoms with Crippen LogP contribution in [0.5, 0.6) is 0 Å². The van der Waals surface area contributed by atoms with Crippen LogP contribution in [0.4, 0.5) is 0 Å². The molecule has 0 aliphatic heterocycles. The smallest absolute Gasteiger partial charge is 0.305 e. The van der Waals surface area contributed by atoms with Crippen LogP contribution in [0, 0.1) is 0 Å². The van der Waals surface area contributed by atoms with Gasteiger partial charge in [-0.05, 0) is 19.3 Å². The molecule has 0 N–H and O–H groups in total. The van der Waals surface area contributed by atoms with Crippen molar-refractivity contribution in [2.75, 3.05) is 46.2 Å². The van der Waals surface area contributed by atoms with Crippen LogP contribution in [0.1, 0.15) is 110 Å². The lowest BCUT2D eigenvalue weighted by Crippen LogP contribution is -2.11. The lowest BCUT2D eigenvalue weighted by Gasteiger charge is -2.07. The van der Waals surface area contributed by atoms with Gasteiger partial charge in [-0.15, -0.1) is 0 Å². The molecule has 0 amide bonds. The molecule has 0 radical (unpaired) electrons. The first-order valence-electron chi connectivity index (χ1n) is 12.7. The highest BCUT2D eigenvalue weighted by atomic mass is 16.5. The number of rotatable bonds is 25. The van der Waals surface area contributed by atoms with Gasteiger partial charge in [0.25, 0.3) is 0 Å². The van der Waals surface area contributed by atoms with Gasteiger partial charge < -0.3 is 18.9 Å². The van der Waals surface area contributed by atoms with Crippen LogP contribution in [0.3, 0.4) is 0 Å². The second-order valence-corrected chi connectivity index (χ2v) is 8.05. The predicted octanol–water partition coefficient (Wildman–Crippen LogP) is 6.47. The van der Waals surface area contributed by atoms with Gasteiger partial charge in [-0.25, -0.2) is 0 Å². The minimum Gasteiger partial charge on any atom is -0.466 e. The van der Waals surface area contributed by atoms with Crippen molar-refractivity contribution in [2.45, 2.75) is 110 Å². The van der Waals surface area contributed by atoms with E-state index in [4.69, 9.17) is 18.9 Å². The van der Waals surface area contributed by atoms with Crippen LogP contribution in [-0.4, -0.2) is 52.2 Å². The van der Waals surface area contributed by atoms with Gasteiger partial charge in [0.15, 0.2) is 0 Å². The second-order valence-electron chi connectivity index (χ2n) is 8.05. The first kappa shape index (κ1) is 29.4. The van der Waals surface area contributed by atoms with Crippen molar-refractivity contribution in [1.29, 1.82) is 0 Å². The summed E-state index contributed by atoms with van der Waals surface area (Å²) in [5.74, 6) is -0.112. The first-order chi connectivity index (χ1) is 14.8. The van der Waals surface area contributed by atoms with Gasteiger partial charge in [0.05, 0.1) is 33.0 Å². The zero-order chi connectivity index (χ0) is 22.0. The Morgan fingerprint density at radius 2 is 0.867 bits per heavy atom. The number of unbranched alkanes of at least 4 members (excludes halogenated alkanes) is 11. The maximum Gasteiger partial charge on any atom is 0.305 e. The summed E-state index contributed by atoms with van der Waals surface area (Å²) in [6, 6.07) is 0. The topological polar surface area (TPSA) is 54.0 Å². The van der Waals surface area contributed by atoms with E-state index in [0.717, 1.165) is 25.9 Å². The highest BCUT2D eigenvalue weighted by Crippen LogP contribution is 2.08. The quantitative estimate of drug-likeness (QED) is 0.123. The lowest BCUT2D eigenvalue weighted by atomic mass is 10.1. The van der Waals surface area contributed by atoms with E-state index >= 15 is 0 Å². The number of ether oxygens (including phenoxy) is 4. The molecule has 0 fully saturated rings. The van der Waals surface area contributed by atoms with Gasteiger partial charge in [-0.2, -0.15) is 0 Å². The Hall–Kier alpha value is -0.650. The van der Waals surface area contributed by atoms with Crippen molar-refractivity contribution in [3.63, 3.8) is 0 Å². The number of carbonyl (C=O) groups excluding carboxylic acids is 1. The average molecular weight is 431 g/mol. The van der Waals surface area contributed by atoms with Crippen molar-refractivity contribution in [2.24, 2.45) is 0 Å². The van der Waals surface area contributed by atoms with E-state index in [2.05, 4.69) is 13.8 Å². The molecule has 0 spiro atoms. The summed E-state index contributed by atoms with van der Waals surface area (Å²) in [5.41, 5.74) is 0. The molecule has 30 heavy (non-hydrogen) atoms. The van der Waals surface area contributed by atoms with E-state index in [1.165, 1.54) is 64.2 Å². The summed E-state index contributed by atoms with van der Waals surface area (Å²) in [7, 11) is 0. The molecule has 0 aromatic rings. The van der Waals surface area contributed by atoms with E-state index in [-0.39, 0.29) is 5.97 Å². The Bertz CT molecular complexity index is 336. The summed E-state index contributed by atoms with van der Waals surface area (Å²) in [4.78, 5) is 11.6. The van der Waals surface area contributed by atoms with E-state index in [0.29, 0.717) is 52.5 Å². The monoisotopic (exact) mass is 430 g/mol. The van der Waals surface area contributed by atoms with Gasteiger partial charge in [0.2, 0.25) is 0 Å². The Labute approximate surface area is 186 Å². The standard InChI is InChI=1S/C25H50O5/c1-3-5-7-9-10-11-13-14-18-27-21-23-29-24-22-28-19-16-17-25(26)30-20-15-12-8-6-4-2/h3-24H2,1-2H3. The first-order valence-corrected chi connectivity index (χ1v) is 12.7. The van der Waals surface area contributed by atoms with Crippen LogP contribution in [0.25, 0.3) is 0 Å². The van der Waals surface area contributed by atoms with Crippen molar-refractivity contribution < 1.29 is 23.7 Å². The zero-order valence-electron chi connectivity index (χ0n) is 20.1. The molecule has 5 nitrogen and oxygen atoms in total. The minimum atomic E-state index is -0.112. The molecule has 0 saturated heterocycles. The fourth-order valence-electron chi connectivity index (χ4n) is 3.16. The van der Waals surface area contributed by atoms with Gasteiger partial charge >= 0.3 is 5.97 Å². The van der Waals surface area contributed by atoms with Crippen LogP contribution in [-0.2, 0) is 23.7 Å². The molecular weight excluding hydrogens is 380 g/mol. The summed E-state index contributed by atoms with van der Waals surface area (Å²) in [6.07, 6.45) is 17.6. The maximum atomic E-state index is 11.6. The molecule has 0 saturated carbocycles. The molecule has 0 unspecified atom stereocenters. The average Bonchev–Trinajstić information content (AvgIpc) is 2.75. The number of hydrogen-bond donors (Lipinski definition) is 0. The Balaban J connectivity index is 3.10. The molecule has 0 aromatic carbocycles. The summed E-state index contributed by atoms with van der Waals surface area (Å²) < 4.78 is 21.8. The number of hydrogen-bond acceptors (Lipinski definition) is 5. The van der Waals surface area contributed by atoms with Gasteiger partial charge in [0.1, 0.15) is 0 Å². The fraction of sp³-hybridized carbons (Fsp3) is 0.960. The Morgan fingerprint density at radius 1 is 0.467 bits per heavy atom. The van der Waals surface area contributed by atoms with E-state index in [1.807, 2.05) is 0 Å². The van der Waals surface area contributed by atoms with Crippen molar-refractivity contribution in [3.8, 4) is 0 Å². The van der Waals surface area contributed by atoms with E-state index in [1.54, 1.807) is 0 Å². The molecule has 0 aliphatic rings. The zero-order valence-corrected chi connectivity index (χ0v) is 20.1. The van der Waals surface area contributed by atoms with Gasteiger partial charge in [-0.1, -0.05) is 84.5 Å². The van der Waals surface area contributed by atoms with Gasteiger partial charge in [0, 0.05) is 19.6 Å². The van der Waals surface area contributed by atoms with E-state index < -0.39 is 0 Å².